The number of hydrogen-bond acceptors (Lipinski definition) is 3. The number of rotatable bonds is 5. The van der Waals surface area contributed by atoms with Gasteiger partial charge < -0.3 is 5.32 Å². The number of anilines is 2. The highest BCUT2D eigenvalue weighted by Crippen LogP contribution is 2.31. The summed E-state index contributed by atoms with van der Waals surface area (Å²) < 4.78 is 63.7. The van der Waals surface area contributed by atoms with Gasteiger partial charge in [-0.1, -0.05) is 23.8 Å². The van der Waals surface area contributed by atoms with E-state index in [1.54, 1.807) is 24.3 Å². The van der Waals surface area contributed by atoms with Crippen molar-refractivity contribution in [2.24, 2.45) is 0 Å². The molecule has 27 heavy (non-hydrogen) atoms. The van der Waals surface area contributed by atoms with E-state index in [1.807, 2.05) is 6.92 Å². The molecule has 5 nitrogen and oxygen atoms in total. The van der Waals surface area contributed by atoms with E-state index in [9.17, 15) is 26.4 Å². The van der Waals surface area contributed by atoms with E-state index in [2.05, 4.69) is 5.32 Å². The summed E-state index contributed by atoms with van der Waals surface area (Å²) >= 11 is 0. The minimum Gasteiger partial charge on any atom is -0.324 e. The van der Waals surface area contributed by atoms with Gasteiger partial charge in [0.1, 0.15) is 6.04 Å². The Morgan fingerprint density at radius 2 is 1.70 bits per heavy atom. The fraction of sp³-hybridized carbons (Fsp3) is 0.278. The molecule has 0 radical (unpaired) electrons. The highest BCUT2D eigenvalue weighted by Gasteiger charge is 2.32. The molecule has 1 N–H and O–H groups in total. The van der Waals surface area contributed by atoms with Crippen molar-refractivity contribution in [1.29, 1.82) is 0 Å². The molecule has 0 aliphatic heterocycles. The Balaban J connectivity index is 2.29. The van der Waals surface area contributed by atoms with Gasteiger partial charge >= 0.3 is 6.18 Å². The topological polar surface area (TPSA) is 66.5 Å². The molecular weight excluding hydrogens is 381 g/mol. The van der Waals surface area contributed by atoms with E-state index in [0.717, 1.165) is 34.3 Å². The molecule has 0 fully saturated rings. The number of nitrogens with zero attached hydrogens (tertiary/aromatic N) is 1. The predicted octanol–water partition coefficient (Wildman–Crippen LogP) is 3.81. The van der Waals surface area contributed by atoms with Gasteiger partial charge in [0.15, 0.2) is 0 Å². The van der Waals surface area contributed by atoms with Gasteiger partial charge in [-0.2, -0.15) is 13.2 Å². The predicted molar refractivity (Wildman–Crippen MR) is 98.0 cm³/mol. The second kappa shape index (κ2) is 7.59. The normalized spacial score (nSPS) is 13.1. The van der Waals surface area contributed by atoms with Crippen LogP contribution in [0, 0.1) is 6.92 Å². The summed E-state index contributed by atoms with van der Waals surface area (Å²) in [5, 5.41) is 2.34. The number of carbonyl (C=O) groups excluding carboxylic acids is 1. The number of halogens is 3. The van der Waals surface area contributed by atoms with Crippen LogP contribution in [0.1, 0.15) is 18.1 Å². The van der Waals surface area contributed by atoms with Gasteiger partial charge in [-0.25, -0.2) is 8.42 Å². The Morgan fingerprint density at radius 3 is 2.22 bits per heavy atom. The molecule has 146 valence electrons. The van der Waals surface area contributed by atoms with Crippen LogP contribution in [0.3, 0.4) is 0 Å². The Hall–Kier alpha value is -2.55. The largest absolute Gasteiger partial charge is 0.416 e. The minimum absolute atomic E-state index is 0.0703. The Bertz CT molecular complexity index is 926. The summed E-state index contributed by atoms with van der Waals surface area (Å²) in [5.74, 6) is -0.750. The summed E-state index contributed by atoms with van der Waals surface area (Å²) in [7, 11) is -3.81. The zero-order valence-corrected chi connectivity index (χ0v) is 15.7. The maximum atomic E-state index is 12.8. The zero-order valence-electron chi connectivity index (χ0n) is 14.9. The van der Waals surface area contributed by atoms with Gasteiger partial charge in [-0.15, -0.1) is 0 Å². The van der Waals surface area contributed by atoms with Gasteiger partial charge in [0, 0.05) is 5.69 Å². The van der Waals surface area contributed by atoms with Crippen molar-refractivity contribution < 1.29 is 26.4 Å². The molecule has 0 spiro atoms. The maximum Gasteiger partial charge on any atom is 0.416 e. The van der Waals surface area contributed by atoms with Crippen molar-refractivity contribution >= 4 is 27.3 Å². The molecule has 1 amide bonds. The second-order valence-electron chi connectivity index (χ2n) is 6.14. The fourth-order valence-corrected chi connectivity index (χ4v) is 3.70. The van der Waals surface area contributed by atoms with Crippen LogP contribution in [0.2, 0.25) is 0 Å². The molecule has 2 aromatic rings. The van der Waals surface area contributed by atoms with Crippen LogP contribution < -0.4 is 9.62 Å². The van der Waals surface area contributed by atoms with Gasteiger partial charge in [-0.3, -0.25) is 9.10 Å². The van der Waals surface area contributed by atoms with Crippen molar-refractivity contribution in [1.82, 2.24) is 0 Å². The Morgan fingerprint density at radius 1 is 1.11 bits per heavy atom. The number of amides is 1. The van der Waals surface area contributed by atoms with Crippen LogP contribution in [-0.4, -0.2) is 26.6 Å². The molecule has 0 saturated carbocycles. The highest BCUT2D eigenvalue weighted by molar-refractivity contribution is 7.92. The Labute approximate surface area is 155 Å². The average Bonchev–Trinajstić information content (AvgIpc) is 2.55. The molecule has 0 aliphatic carbocycles. The van der Waals surface area contributed by atoms with Crippen molar-refractivity contribution in [2.45, 2.75) is 26.1 Å². The zero-order chi connectivity index (χ0) is 20.4. The number of aryl methyl sites for hydroxylation is 1. The van der Waals surface area contributed by atoms with Gasteiger partial charge in [0.25, 0.3) is 0 Å². The number of sulfonamides is 1. The highest BCUT2D eigenvalue weighted by atomic mass is 32.2. The van der Waals surface area contributed by atoms with Crippen LogP contribution in [0.25, 0.3) is 0 Å². The SMILES string of the molecule is Cc1ccc(N(C(C)C(=O)Nc2cccc(C(F)(F)F)c2)S(C)(=O)=O)cc1. The first kappa shape index (κ1) is 20.8. The van der Waals surface area contributed by atoms with E-state index < -0.39 is 33.7 Å². The second-order valence-corrected chi connectivity index (χ2v) is 8.00. The van der Waals surface area contributed by atoms with E-state index >= 15 is 0 Å². The van der Waals surface area contributed by atoms with Crippen LogP contribution in [0.15, 0.2) is 48.5 Å². The minimum atomic E-state index is -4.55. The first-order valence-corrected chi connectivity index (χ1v) is 9.78. The van der Waals surface area contributed by atoms with Crippen molar-refractivity contribution in [3.8, 4) is 0 Å². The summed E-state index contributed by atoms with van der Waals surface area (Å²) in [5.41, 5.74) is 0.216. The van der Waals surface area contributed by atoms with Gasteiger partial charge in [-0.05, 0) is 44.2 Å². The molecule has 0 aliphatic rings. The molecule has 2 aromatic carbocycles. The summed E-state index contributed by atoms with van der Waals surface area (Å²) in [6.45, 7) is 3.20. The van der Waals surface area contributed by atoms with E-state index in [4.69, 9.17) is 0 Å². The number of nitrogens with one attached hydrogen (secondary N) is 1. The first-order valence-electron chi connectivity index (χ1n) is 7.94. The molecule has 0 heterocycles. The number of alkyl halides is 3. The van der Waals surface area contributed by atoms with Crippen LogP contribution in [0.4, 0.5) is 24.5 Å². The maximum absolute atomic E-state index is 12.8. The van der Waals surface area contributed by atoms with Crippen molar-refractivity contribution in [3.63, 3.8) is 0 Å². The monoisotopic (exact) mass is 400 g/mol. The quantitative estimate of drug-likeness (QED) is 0.830. The molecule has 0 bridgehead atoms. The number of carbonyl (C=O) groups is 1. The van der Waals surface area contributed by atoms with Crippen LogP contribution >= 0.6 is 0 Å². The molecule has 0 aromatic heterocycles. The van der Waals surface area contributed by atoms with Gasteiger partial charge in [0.2, 0.25) is 15.9 Å². The lowest BCUT2D eigenvalue weighted by Gasteiger charge is -2.28. The Kier molecular flexibility index (Phi) is 5.84. The first-order chi connectivity index (χ1) is 12.4. The lowest BCUT2D eigenvalue weighted by atomic mass is 10.2. The van der Waals surface area contributed by atoms with E-state index in [1.165, 1.54) is 13.0 Å². The fourth-order valence-electron chi connectivity index (χ4n) is 2.52. The number of benzene rings is 2. The lowest BCUT2D eigenvalue weighted by Crippen LogP contribution is -2.45. The van der Waals surface area contributed by atoms with E-state index in [-0.39, 0.29) is 11.4 Å². The molecule has 2 rings (SSSR count). The third kappa shape index (κ3) is 5.22. The summed E-state index contributed by atoms with van der Waals surface area (Å²) in [6.07, 6.45) is -3.59. The number of hydrogen-bond donors (Lipinski definition) is 1. The summed E-state index contributed by atoms with van der Waals surface area (Å²) in [4.78, 5) is 12.5. The smallest absolute Gasteiger partial charge is 0.324 e. The molecule has 1 atom stereocenters. The third-order valence-corrected chi connectivity index (χ3v) is 5.08. The molecule has 9 heteroatoms. The standard InChI is InChI=1S/C18H19F3N2O3S/c1-12-7-9-16(10-8-12)23(27(3,25)26)13(2)17(24)22-15-6-4-5-14(11-15)18(19,20)21/h4-11,13H,1-3H3,(H,22,24). The third-order valence-electron chi connectivity index (χ3n) is 3.83. The van der Waals surface area contributed by atoms with Crippen LogP contribution in [0.5, 0.6) is 0 Å². The lowest BCUT2D eigenvalue weighted by molar-refractivity contribution is -0.137. The van der Waals surface area contributed by atoms with E-state index in [0.29, 0.717) is 0 Å². The van der Waals surface area contributed by atoms with Crippen molar-refractivity contribution in [3.05, 3.63) is 59.7 Å². The molecule has 0 saturated heterocycles. The summed E-state index contributed by atoms with van der Waals surface area (Å²) in [6, 6.07) is 9.49. The van der Waals surface area contributed by atoms with Crippen LogP contribution in [-0.2, 0) is 21.0 Å². The average molecular weight is 400 g/mol. The molecular formula is C18H19F3N2O3S. The van der Waals surface area contributed by atoms with Crippen molar-refractivity contribution in [2.75, 3.05) is 15.9 Å². The van der Waals surface area contributed by atoms with Gasteiger partial charge in [0.05, 0.1) is 17.5 Å². The molecule has 1 unspecified atom stereocenters.